The Morgan fingerprint density at radius 2 is 1.42 bits per heavy atom. The Morgan fingerprint density at radius 3 is 2.00 bits per heavy atom. The number of carbonyl (C=O) groups excluding carboxylic acids is 1. The van der Waals surface area contributed by atoms with Crippen LogP contribution in [0.15, 0.2) is 24.3 Å². The van der Waals surface area contributed by atoms with Crippen molar-refractivity contribution in [1.29, 1.82) is 0 Å². The fourth-order valence-corrected chi connectivity index (χ4v) is 19.0. The summed E-state index contributed by atoms with van der Waals surface area (Å²) in [5.74, 6) is 2.28. The van der Waals surface area contributed by atoms with Gasteiger partial charge in [0.25, 0.3) is 0 Å². The van der Waals surface area contributed by atoms with Crippen molar-refractivity contribution in [2.75, 3.05) is 54.6 Å². The molecule has 14 rings (SSSR count). The van der Waals surface area contributed by atoms with Gasteiger partial charge in [0, 0.05) is 84.6 Å². The molecule has 0 amide bonds. The minimum atomic E-state index is -0.743. The van der Waals surface area contributed by atoms with E-state index in [-0.39, 0.29) is 92.2 Å². The number of aryl methyl sites for hydroxylation is 2. The van der Waals surface area contributed by atoms with Crippen LogP contribution in [0.25, 0.3) is 0 Å². The molecule has 2 aromatic carbocycles. The number of fused-ring (bicyclic) bond motifs is 4. The summed E-state index contributed by atoms with van der Waals surface area (Å²) in [6.07, 6.45) is 13.9. The molecule has 3 aliphatic heterocycles. The Kier molecular flexibility index (Phi) is 14.4. The molecule has 9 nitrogen and oxygen atoms in total. The molecule has 0 aromatic heterocycles. The van der Waals surface area contributed by atoms with Crippen LogP contribution < -0.4 is 21.7 Å². The molecule has 7 saturated carbocycles. The third kappa shape index (κ3) is 6.19. The minimum Gasteiger partial charge on any atom is -1.00 e. The zero-order valence-corrected chi connectivity index (χ0v) is 46.3. The topological polar surface area (TPSA) is 101 Å². The number of likely N-dealkylation sites (N-methyl/N-ethyl adjacent to an activating group) is 2. The summed E-state index contributed by atoms with van der Waals surface area (Å²) in [7, 11) is 8.29. The summed E-state index contributed by atoms with van der Waals surface area (Å²) in [5.41, 5.74) is 6.26. The van der Waals surface area contributed by atoms with E-state index in [4.69, 9.17) is 18.9 Å². The number of rotatable bonds is 10. The molecule has 11 heteroatoms. The van der Waals surface area contributed by atoms with Crippen LogP contribution in [0.1, 0.15) is 145 Å². The number of hydrogen-bond acceptors (Lipinski definition) is 9. The number of aliphatic hydroxyl groups is 1. The van der Waals surface area contributed by atoms with Crippen LogP contribution in [-0.2, 0) is 42.7 Å². The first kappa shape index (κ1) is 53.5. The summed E-state index contributed by atoms with van der Waals surface area (Å²) < 4.78 is 24.6. The molecule has 3 heterocycles. The number of ether oxygens (including phenoxy) is 4. The van der Waals surface area contributed by atoms with Gasteiger partial charge in [-0.15, -0.1) is 0 Å². The predicted octanol–water partition coefficient (Wildman–Crippen LogP) is 5.86. The van der Waals surface area contributed by atoms with Gasteiger partial charge in [0.05, 0.1) is 17.1 Å². The molecule has 10 bridgehead atoms. The van der Waals surface area contributed by atoms with Crippen molar-refractivity contribution in [3.05, 3.63) is 65.1 Å². The van der Waals surface area contributed by atoms with E-state index < -0.39 is 11.2 Å². The molecule has 12 aliphatic rings. The van der Waals surface area contributed by atoms with Gasteiger partial charge in [-0.3, -0.25) is 4.79 Å². The summed E-state index contributed by atoms with van der Waals surface area (Å²) in [4.78, 5) is 18.6. The van der Waals surface area contributed by atoms with Crippen LogP contribution in [0.4, 0.5) is 0 Å². The number of aromatic hydroxyl groups is 1. The Labute approximate surface area is 430 Å². The van der Waals surface area contributed by atoms with Gasteiger partial charge >= 0.3 is 23.1 Å². The van der Waals surface area contributed by atoms with Gasteiger partial charge < -0.3 is 63.4 Å². The maximum absolute atomic E-state index is 13.4. The van der Waals surface area contributed by atoms with Gasteiger partial charge in [0.2, 0.25) is 0 Å². The van der Waals surface area contributed by atoms with Crippen molar-refractivity contribution in [3.8, 4) is 11.5 Å². The molecule has 0 radical (unpaired) electrons. The van der Waals surface area contributed by atoms with E-state index in [9.17, 15) is 15.0 Å². The summed E-state index contributed by atoms with van der Waals surface area (Å²) >= 11 is 0. The number of likely N-dealkylation sites (tertiary alicyclic amines) is 2. The van der Waals surface area contributed by atoms with E-state index in [0.29, 0.717) is 36.0 Å². The normalized spacial score (nSPS) is 40.8. The van der Waals surface area contributed by atoms with E-state index in [2.05, 4.69) is 75.9 Å². The van der Waals surface area contributed by atoms with Gasteiger partial charge in [-0.1, -0.05) is 44.5 Å². The third-order valence-corrected chi connectivity index (χ3v) is 21.1. The second kappa shape index (κ2) is 18.0. The molecule has 2 N–H and O–H groups in total. The van der Waals surface area contributed by atoms with Crippen molar-refractivity contribution in [2.24, 2.45) is 28.1 Å². The fourth-order valence-electron chi connectivity index (χ4n) is 19.0. The van der Waals surface area contributed by atoms with Crippen molar-refractivity contribution in [3.63, 3.8) is 0 Å². The summed E-state index contributed by atoms with van der Waals surface area (Å²) in [5, 5.41) is 23.4. The first-order chi connectivity index (χ1) is 30.6. The molecule has 9 aliphatic carbocycles. The van der Waals surface area contributed by atoms with Crippen LogP contribution in [0.3, 0.4) is 0 Å². The van der Waals surface area contributed by atoms with Crippen molar-refractivity contribution >= 4 is 28.8 Å². The summed E-state index contributed by atoms with van der Waals surface area (Å²) in [6.45, 7) is 18.4. The molecule has 13 atom stereocenters. The average molecular weight is 1000 g/mol. The molecular formula is C56H83BrMgN2O7. The monoisotopic (exact) mass is 999 g/mol. The third-order valence-electron chi connectivity index (χ3n) is 21.1. The van der Waals surface area contributed by atoms with Gasteiger partial charge in [0.15, 0.2) is 0 Å². The van der Waals surface area contributed by atoms with E-state index in [1.807, 2.05) is 35.0 Å². The van der Waals surface area contributed by atoms with E-state index in [0.717, 1.165) is 121 Å². The number of ketones is 1. The van der Waals surface area contributed by atoms with Gasteiger partial charge in [-0.05, 0) is 167 Å². The van der Waals surface area contributed by atoms with Crippen LogP contribution in [-0.4, -0.2) is 138 Å². The Morgan fingerprint density at radius 1 is 0.821 bits per heavy atom. The number of phenolic OH excluding ortho intramolecular Hbond substituents is 1. The largest absolute Gasteiger partial charge is 2.00 e. The van der Waals surface area contributed by atoms with E-state index in [1.54, 1.807) is 0 Å². The Hall–Kier alpha value is -1.28. The quantitative estimate of drug-likeness (QED) is 0.224. The number of hydrogen-bond donors (Lipinski definition) is 2. The second-order valence-electron chi connectivity index (χ2n) is 22.8. The number of Topliss-reactive ketones (excluding diaryl/α,β-unsaturated/α-hetero) is 1. The van der Waals surface area contributed by atoms with Crippen molar-refractivity contribution in [2.45, 2.75) is 184 Å². The van der Waals surface area contributed by atoms with Crippen LogP contribution in [0.5, 0.6) is 11.5 Å². The molecule has 2 aromatic rings. The van der Waals surface area contributed by atoms with Gasteiger partial charge in [0.1, 0.15) is 29.0 Å². The molecule has 3 spiro atoms. The van der Waals surface area contributed by atoms with E-state index in [1.165, 1.54) is 27.8 Å². The fraction of sp³-hybridized carbons (Fsp3) is 0.750. The number of halogens is 1. The number of carbonyl (C=O) groups is 1. The number of benzene rings is 2. The molecule has 3 unspecified atom stereocenters. The van der Waals surface area contributed by atoms with Gasteiger partial charge in [-0.25, -0.2) is 0 Å². The second-order valence-corrected chi connectivity index (χ2v) is 22.8. The molecule has 67 heavy (non-hydrogen) atoms. The molecule has 2 saturated heterocycles. The SMILES string of the molecule is CCCC(=O)C1C[C@@]23CC[C@]1(OC)[C@@H]1Oc4c(C)ccc5c4[C@@]12CCN(C)[C@@H]3C5.CCC[C@@](C)(O)C12C[C@@]34CC[C@]1(OC)C2[C@@]31CCN(C)[C@@H]4Cc2ccc(C)c(O)c21.CCOCC.[Br-].[CH3-].[Mg+2]. The number of piperidine rings is 2. The minimum absolute atomic E-state index is 0. The maximum atomic E-state index is 13.4. The van der Waals surface area contributed by atoms with Crippen LogP contribution in [0, 0.1) is 49.4 Å². The number of methoxy groups -OCH3 is 2. The zero-order chi connectivity index (χ0) is 45.6. The van der Waals surface area contributed by atoms with Crippen LogP contribution in [0.2, 0.25) is 0 Å². The summed E-state index contributed by atoms with van der Waals surface area (Å²) in [6, 6.07) is 9.92. The van der Waals surface area contributed by atoms with Crippen molar-refractivity contribution < 1.29 is 50.9 Å². The first-order valence-electron chi connectivity index (χ1n) is 25.5. The zero-order valence-electron chi connectivity index (χ0n) is 43.3. The Balaban J connectivity index is 0.000000174. The average Bonchev–Trinajstić information content (AvgIpc) is 3.59. The Bertz CT molecular complexity index is 2220. The predicted molar refractivity (Wildman–Crippen MR) is 263 cm³/mol. The van der Waals surface area contributed by atoms with E-state index >= 15 is 0 Å². The van der Waals surface area contributed by atoms with Crippen LogP contribution >= 0.6 is 0 Å². The first-order valence-corrected chi connectivity index (χ1v) is 25.5. The maximum Gasteiger partial charge on any atom is 2.00 e. The molecular weight excluding hydrogens is 917 g/mol. The standard InChI is InChI=1S/C26H37NO3.C25H33NO3.C4H10O.CH3.BrH.Mg/c1-6-9-22(3,29)25-15-23-10-11-26(25,30-5)21(25)24(23)12-13-27(4)18(23)14-17-8-7-16(2)20(28)19(17)24;1-5-6-18(27)17-14-23-9-10-25(17,28-4)22-24(23)11-12-26(3)19(23)13-16-8-7-15(2)21(29-22)20(16)24;1-3-5-4-2;;;/h7-8,18,21,28-29H,6,9-15H2,1-5H3;7-8,17,19,22H,5-6,9-14H2,1-4H3;3-4H2,1-2H3;1H3;1H;/q;;;-1;;+2/p-1/t18-,21?,22-,23-,24+,25?,26+;17?,19-,22-,23-,24+,25-;;;;/m11..../s1. The molecule has 368 valence electrons. The van der Waals surface area contributed by atoms with Crippen molar-refractivity contribution in [1.82, 2.24) is 9.80 Å². The number of nitrogens with zero attached hydrogens (tertiary/aromatic N) is 2. The number of phenols is 1. The smallest absolute Gasteiger partial charge is 1.00 e. The molecule has 9 fully saturated rings. The van der Waals surface area contributed by atoms with Gasteiger partial charge in [-0.2, -0.15) is 0 Å².